The fourth-order valence-electron chi connectivity index (χ4n) is 2.49. The maximum absolute atomic E-state index is 12.4. The number of alkyl halides is 2. The molecule has 1 heterocycles. The molecule has 3 rings (SSSR count). The van der Waals surface area contributed by atoms with Crippen LogP contribution in [0.3, 0.4) is 0 Å². The van der Waals surface area contributed by atoms with Crippen LogP contribution in [0.15, 0.2) is 36.4 Å². The van der Waals surface area contributed by atoms with Crippen LogP contribution in [0.1, 0.15) is 17.3 Å². The van der Waals surface area contributed by atoms with Crippen LogP contribution in [0.2, 0.25) is 0 Å². The molecule has 2 aromatic carbocycles. The second-order valence-electron chi connectivity index (χ2n) is 5.66. The standard InChI is InChI=1S/C18H16F2N2O5/c1-9-16(23)22-12-8-11(4-6-13(12)26-9)21-17(24)10-3-5-14(27-18(19)20)15(7-10)25-2/h3-9,18H,1-2H3,(H,21,24)(H,22,23)/t9-/m1/s1. The van der Waals surface area contributed by atoms with E-state index in [4.69, 9.17) is 9.47 Å². The number of nitrogens with one attached hydrogen (secondary N) is 2. The summed E-state index contributed by atoms with van der Waals surface area (Å²) in [6, 6.07) is 8.65. The molecule has 1 aliphatic rings. The number of carbonyl (C=O) groups is 2. The second kappa shape index (κ2) is 7.48. The van der Waals surface area contributed by atoms with Gasteiger partial charge < -0.3 is 24.8 Å². The SMILES string of the molecule is COc1cc(C(=O)Nc2ccc3c(c2)NC(=O)[C@@H](C)O3)ccc1OC(F)F. The summed E-state index contributed by atoms with van der Waals surface area (Å²) in [7, 11) is 1.28. The van der Waals surface area contributed by atoms with E-state index in [9.17, 15) is 18.4 Å². The average molecular weight is 378 g/mol. The molecule has 2 N–H and O–H groups in total. The molecule has 142 valence electrons. The Morgan fingerprint density at radius 2 is 2.00 bits per heavy atom. The van der Waals surface area contributed by atoms with Gasteiger partial charge in [0.15, 0.2) is 17.6 Å². The fraction of sp³-hybridized carbons (Fsp3) is 0.222. The zero-order valence-electron chi connectivity index (χ0n) is 14.4. The molecule has 27 heavy (non-hydrogen) atoms. The summed E-state index contributed by atoms with van der Waals surface area (Å²) in [4.78, 5) is 24.1. The molecule has 0 saturated carbocycles. The Morgan fingerprint density at radius 1 is 1.22 bits per heavy atom. The van der Waals surface area contributed by atoms with Crippen LogP contribution < -0.4 is 24.8 Å². The molecule has 0 saturated heterocycles. The maximum atomic E-state index is 12.4. The first-order chi connectivity index (χ1) is 12.9. The van der Waals surface area contributed by atoms with Crippen molar-refractivity contribution in [2.75, 3.05) is 17.7 Å². The maximum Gasteiger partial charge on any atom is 0.387 e. The summed E-state index contributed by atoms with van der Waals surface area (Å²) in [5.41, 5.74) is 1.04. The summed E-state index contributed by atoms with van der Waals surface area (Å²) in [5.74, 6) is -0.455. The van der Waals surface area contributed by atoms with Gasteiger partial charge in [0.05, 0.1) is 12.8 Å². The van der Waals surface area contributed by atoms with Crippen molar-refractivity contribution >= 4 is 23.2 Å². The molecule has 7 nitrogen and oxygen atoms in total. The van der Waals surface area contributed by atoms with Gasteiger partial charge >= 0.3 is 6.61 Å². The van der Waals surface area contributed by atoms with E-state index in [-0.39, 0.29) is 23.0 Å². The Hall–Kier alpha value is -3.36. The minimum absolute atomic E-state index is 0.00282. The Balaban J connectivity index is 1.78. The Morgan fingerprint density at radius 3 is 2.70 bits per heavy atom. The Kier molecular flexibility index (Phi) is 5.11. The predicted octanol–water partition coefficient (Wildman–Crippen LogP) is 3.27. The number of ether oxygens (including phenoxy) is 3. The lowest BCUT2D eigenvalue weighted by molar-refractivity contribution is -0.122. The molecule has 0 radical (unpaired) electrons. The molecule has 0 fully saturated rings. The van der Waals surface area contributed by atoms with Crippen molar-refractivity contribution in [2.24, 2.45) is 0 Å². The zero-order valence-corrected chi connectivity index (χ0v) is 14.4. The number of rotatable bonds is 5. The Bertz CT molecular complexity index is 888. The summed E-state index contributed by atoms with van der Waals surface area (Å²) in [5, 5.41) is 5.34. The normalized spacial score (nSPS) is 15.4. The Labute approximate surface area is 153 Å². The third kappa shape index (κ3) is 4.08. The smallest absolute Gasteiger partial charge is 0.387 e. The number of methoxy groups -OCH3 is 1. The highest BCUT2D eigenvalue weighted by molar-refractivity contribution is 6.05. The van der Waals surface area contributed by atoms with Gasteiger partial charge in [0.2, 0.25) is 0 Å². The molecule has 9 heteroatoms. The molecule has 2 amide bonds. The number of hydrogen-bond acceptors (Lipinski definition) is 5. The molecular weight excluding hydrogens is 362 g/mol. The second-order valence-corrected chi connectivity index (χ2v) is 5.66. The number of halogens is 2. The van der Waals surface area contributed by atoms with E-state index in [2.05, 4.69) is 15.4 Å². The van der Waals surface area contributed by atoms with Crippen LogP contribution in [0.5, 0.6) is 17.2 Å². The van der Waals surface area contributed by atoms with E-state index in [0.717, 1.165) is 0 Å². The van der Waals surface area contributed by atoms with Gasteiger partial charge in [0.1, 0.15) is 5.75 Å². The van der Waals surface area contributed by atoms with Crippen LogP contribution in [0, 0.1) is 0 Å². The highest BCUT2D eigenvalue weighted by atomic mass is 19.3. The molecule has 2 aromatic rings. The molecule has 0 spiro atoms. The molecular formula is C18H16F2N2O5. The lowest BCUT2D eigenvalue weighted by Gasteiger charge is -2.23. The number of benzene rings is 2. The molecule has 1 atom stereocenters. The number of anilines is 2. The van der Waals surface area contributed by atoms with Crippen molar-refractivity contribution in [3.05, 3.63) is 42.0 Å². The molecule has 0 aliphatic carbocycles. The first kappa shape index (κ1) is 18.4. The summed E-state index contributed by atoms with van der Waals surface area (Å²) < 4.78 is 39.5. The molecule has 0 bridgehead atoms. The lowest BCUT2D eigenvalue weighted by atomic mass is 10.1. The van der Waals surface area contributed by atoms with Crippen molar-refractivity contribution in [1.82, 2.24) is 0 Å². The van der Waals surface area contributed by atoms with Crippen molar-refractivity contribution in [3.8, 4) is 17.2 Å². The lowest BCUT2D eigenvalue weighted by Crippen LogP contribution is -2.34. The van der Waals surface area contributed by atoms with Crippen molar-refractivity contribution in [2.45, 2.75) is 19.6 Å². The summed E-state index contributed by atoms with van der Waals surface area (Å²) >= 11 is 0. The van der Waals surface area contributed by atoms with Gasteiger partial charge in [-0.2, -0.15) is 8.78 Å². The minimum Gasteiger partial charge on any atom is -0.493 e. The van der Waals surface area contributed by atoms with Gasteiger partial charge in [0.25, 0.3) is 11.8 Å². The van der Waals surface area contributed by atoms with Gasteiger partial charge in [-0.1, -0.05) is 0 Å². The van der Waals surface area contributed by atoms with Crippen LogP contribution in [-0.2, 0) is 4.79 Å². The third-order valence-electron chi connectivity index (χ3n) is 3.81. The number of hydrogen-bond donors (Lipinski definition) is 2. The van der Waals surface area contributed by atoms with Crippen LogP contribution in [0.25, 0.3) is 0 Å². The van der Waals surface area contributed by atoms with E-state index in [0.29, 0.717) is 17.1 Å². The van der Waals surface area contributed by atoms with Crippen molar-refractivity contribution in [1.29, 1.82) is 0 Å². The monoisotopic (exact) mass is 378 g/mol. The highest BCUT2D eigenvalue weighted by Gasteiger charge is 2.24. The largest absolute Gasteiger partial charge is 0.493 e. The third-order valence-corrected chi connectivity index (χ3v) is 3.81. The van der Waals surface area contributed by atoms with Gasteiger partial charge in [-0.3, -0.25) is 9.59 Å². The van der Waals surface area contributed by atoms with Crippen molar-refractivity contribution < 1.29 is 32.6 Å². The zero-order chi connectivity index (χ0) is 19.6. The van der Waals surface area contributed by atoms with Crippen LogP contribution in [0.4, 0.5) is 20.2 Å². The van der Waals surface area contributed by atoms with Crippen LogP contribution >= 0.6 is 0 Å². The topological polar surface area (TPSA) is 85.9 Å². The molecule has 1 aliphatic heterocycles. The highest BCUT2D eigenvalue weighted by Crippen LogP contribution is 2.33. The van der Waals surface area contributed by atoms with Gasteiger partial charge in [-0.15, -0.1) is 0 Å². The van der Waals surface area contributed by atoms with E-state index in [1.807, 2.05) is 0 Å². The first-order valence-electron chi connectivity index (χ1n) is 7.93. The van der Waals surface area contributed by atoms with E-state index >= 15 is 0 Å². The van der Waals surface area contributed by atoms with Gasteiger partial charge in [-0.25, -0.2) is 0 Å². The number of carbonyl (C=O) groups excluding carboxylic acids is 2. The van der Waals surface area contributed by atoms with E-state index in [1.165, 1.54) is 25.3 Å². The summed E-state index contributed by atoms with van der Waals surface area (Å²) in [6.07, 6.45) is -0.598. The quantitative estimate of drug-likeness (QED) is 0.834. The predicted molar refractivity (Wildman–Crippen MR) is 92.7 cm³/mol. The number of fused-ring (bicyclic) bond motifs is 1. The van der Waals surface area contributed by atoms with Crippen molar-refractivity contribution in [3.63, 3.8) is 0 Å². The number of amides is 2. The average Bonchev–Trinajstić information content (AvgIpc) is 2.62. The van der Waals surface area contributed by atoms with Gasteiger partial charge in [0, 0.05) is 11.3 Å². The molecule has 0 aromatic heterocycles. The van der Waals surface area contributed by atoms with Gasteiger partial charge in [-0.05, 0) is 43.3 Å². The summed E-state index contributed by atoms with van der Waals surface area (Å²) in [6.45, 7) is -1.38. The first-order valence-corrected chi connectivity index (χ1v) is 7.93. The fourth-order valence-corrected chi connectivity index (χ4v) is 2.49. The van der Waals surface area contributed by atoms with E-state index < -0.39 is 18.6 Å². The molecule has 0 unspecified atom stereocenters. The van der Waals surface area contributed by atoms with Crippen LogP contribution in [-0.4, -0.2) is 31.6 Å². The minimum atomic E-state index is -3.01. The van der Waals surface area contributed by atoms with E-state index in [1.54, 1.807) is 25.1 Å².